The standard InChI is InChI=1S/C14H16F3NO5/c1-22-7-6-11(13(20)21)18-12(19)8-9-2-4-10(5-3-9)23-14(15,16)17/h2-5,11H,6-8H2,1H3,(H,18,19)(H,20,21). The van der Waals surface area contributed by atoms with Gasteiger partial charge in [-0.3, -0.25) is 4.79 Å². The van der Waals surface area contributed by atoms with E-state index in [1.165, 1.54) is 19.2 Å². The van der Waals surface area contributed by atoms with E-state index in [1.54, 1.807) is 0 Å². The average Bonchev–Trinajstić information content (AvgIpc) is 2.43. The topological polar surface area (TPSA) is 84.9 Å². The number of carbonyl (C=O) groups is 2. The lowest BCUT2D eigenvalue weighted by Gasteiger charge is -2.14. The number of carboxylic acid groups (broad SMARTS) is 1. The summed E-state index contributed by atoms with van der Waals surface area (Å²) in [5.41, 5.74) is 0.424. The van der Waals surface area contributed by atoms with E-state index in [0.717, 1.165) is 12.1 Å². The molecule has 0 aliphatic heterocycles. The van der Waals surface area contributed by atoms with E-state index < -0.39 is 30.0 Å². The van der Waals surface area contributed by atoms with Crippen LogP contribution in [0, 0.1) is 0 Å². The number of benzene rings is 1. The first-order chi connectivity index (χ1) is 10.7. The van der Waals surface area contributed by atoms with E-state index in [9.17, 15) is 22.8 Å². The molecule has 1 aromatic carbocycles. The van der Waals surface area contributed by atoms with Crippen LogP contribution in [0.2, 0.25) is 0 Å². The molecule has 23 heavy (non-hydrogen) atoms. The van der Waals surface area contributed by atoms with Gasteiger partial charge in [-0.05, 0) is 17.7 Å². The third-order valence-electron chi connectivity index (χ3n) is 2.77. The summed E-state index contributed by atoms with van der Waals surface area (Å²) in [5.74, 6) is -2.15. The highest BCUT2D eigenvalue weighted by atomic mass is 19.4. The van der Waals surface area contributed by atoms with Gasteiger partial charge in [0.2, 0.25) is 5.91 Å². The van der Waals surface area contributed by atoms with Gasteiger partial charge in [-0.25, -0.2) is 4.79 Å². The number of nitrogens with one attached hydrogen (secondary N) is 1. The summed E-state index contributed by atoms with van der Waals surface area (Å²) in [6.07, 6.45) is -4.84. The van der Waals surface area contributed by atoms with Crippen molar-refractivity contribution in [3.8, 4) is 5.75 Å². The molecule has 6 nitrogen and oxygen atoms in total. The highest BCUT2D eigenvalue weighted by molar-refractivity contribution is 5.84. The summed E-state index contributed by atoms with van der Waals surface area (Å²) in [6, 6.07) is 3.66. The summed E-state index contributed by atoms with van der Waals surface area (Å²) in [4.78, 5) is 22.8. The first kappa shape index (κ1) is 18.8. The van der Waals surface area contributed by atoms with Crippen LogP contribution in [0.4, 0.5) is 13.2 Å². The monoisotopic (exact) mass is 335 g/mol. The highest BCUT2D eigenvalue weighted by Gasteiger charge is 2.31. The van der Waals surface area contributed by atoms with Gasteiger partial charge >= 0.3 is 12.3 Å². The van der Waals surface area contributed by atoms with Gasteiger partial charge in [-0.2, -0.15) is 0 Å². The second-order valence-corrected chi connectivity index (χ2v) is 4.61. The molecular weight excluding hydrogens is 319 g/mol. The molecule has 0 aliphatic rings. The minimum absolute atomic E-state index is 0.107. The van der Waals surface area contributed by atoms with Gasteiger partial charge in [0.05, 0.1) is 6.42 Å². The largest absolute Gasteiger partial charge is 0.573 e. The molecule has 9 heteroatoms. The Hall–Kier alpha value is -2.29. The van der Waals surface area contributed by atoms with Crippen molar-refractivity contribution < 1.29 is 37.3 Å². The van der Waals surface area contributed by atoms with Crippen LogP contribution in [-0.4, -0.2) is 43.1 Å². The first-order valence-electron chi connectivity index (χ1n) is 6.57. The van der Waals surface area contributed by atoms with Crippen LogP contribution in [0.3, 0.4) is 0 Å². The lowest BCUT2D eigenvalue weighted by atomic mass is 10.1. The number of carbonyl (C=O) groups excluding carboxylic acids is 1. The Labute approximate surface area is 130 Å². The predicted octanol–water partition coefficient (Wildman–Crippen LogP) is 1.73. The third kappa shape index (κ3) is 7.50. The zero-order valence-corrected chi connectivity index (χ0v) is 12.2. The molecule has 0 saturated carbocycles. The van der Waals surface area contributed by atoms with E-state index in [0.29, 0.717) is 5.56 Å². The number of ether oxygens (including phenoxy) is 2. The Balaban J connectivity index is 2.57. The van der Waals surface area contributed by atoms with Crippen molar-refractivity contribution in [1.29, 1.82) is 0 Å². The minimum Gasteiger partial charge on any atom is -0.480 e. The summed E-state index contributed by atoms with van der Waals surface area (Å²) >= 11 is 0. The first-order valence-corrected chi connectivity index (χ1v) is 6.57. The molecule has 0 saturated heterocycles. The van der Waals surface area contributed by atoms with Crippen LogP contribution in [-0.2, 0) is 20.7 Å². The van der Waals surface area contributed by atoms with Gasteiger partial charge in [0.15, 0.2) is 0 Å². The van der Waals surface area contributed by atoms with Crippen molar-refractivity contribution in [2.75, 3.05) is 13.7 Å². The van der Waals surface area contributed by atoms with Crippen molar-refractivity contribution in [2.24, 2.45) is 0 Å². The van der Waals surface area contributed by atoms with Gasteiger partial charge in [-0.1, -0.05) is 12.1 Å². The van der Waals surface area contributed by atoms with Crippen molar-refractivity contribution in [3.63, 3.8) is 0 Å². The molecule has 2 N–H and O–H groups in total. The van der Waals surface area contributed by atoms with Crippen LogP contribution in [0.25, 0.3) is 0 Å². The Morgan fingerprint density at radius 1 is 1.26 bits per heavy atom. The fourth-order valence-corrected chi connectivity index (χ4v) is 1.73. The number of rotatable bonds is 8. The SMILES string of the molecule is COCCC(NC(=O)Cc1ccc(OC(F)(F)F)cc1)C(=O)O. The maximum Gasteiger partial charge on any atom is 0.573 e. The third-order valence-corrected chi connectivity index (χ3v) is 2.77. The van der Waals surface area contributed by atoms with Gasteiger partial charge in [-0.15, -0.1) is 13.2 Å². The molecule has 1 rings (SSSR count). The zero-order valence-electron chi connectivity index (χ0n) is 12.2. The minimum atomic E-state index is -4.78. The zero-order chi connectivity index (χ0) is 17.5. The lowest BCUT2D eigenvalue weighted by Crippen LogP contribution is -2.42. The number of halogens is 3. The molecule has 0 fully saturated rings. The quantitative estimate of drug-likeness (QED) is 0.756. The van der Waals surface area contributed by atoms with Crippen molar-refractivity contribution >= 4 is 11.9 Å². The molecule has 0 radical (unpaired) electrons. The molecule has 0 bridgehead atoms. The molecule has 1 atom stereocenters. The van der Waals surface area contributed by atoms with Crippen molar-refractivity contribution in [1.82, 2.24) is 5.32 Å². The highest BCUT2D eigenvalue weighted by Crippen LogP contribution is 2.22. The number of carboxylic acids is 1. The number of alkyl halides is 3. The number of aliphatic carboxylic acids is 1. The average molecular weight is 335 g/mol. The smallest absolute Gasteiger partial charge is 0.480 e. The van der Waals surface area contributed by atoms with Crippen molar-refractivity contribution in [2.45, 2.75) is 25.2 Å². The Morgan fingerprint density at radius 3 is 2.35 bits per heavy atom. The molecular formula is C14H16F3NO5. The number of hydrogen-bond donors (Lipinski definition) is 2. The maximum absolute atomic E-state index is 12.0. The molecule has 1 aromatic rings. The van der Waals surface area contributed by atoms with Crippen LogP contribution >= 0.6 is 0 Å². The molecule has 0 aromatic heterocycles. The summed E-state index contributed by atoms with van der Waals surface area (Å²) in [7, 11) is 1.41. The van der Waals surface area contributed by atoms with Gasteiger partial charge in [0.1, 0.15) is 11.8 Å². The molecule has 0 spiro atoms. The van der Waals surface area contributed by atoms with E-state index in [-0.39, 0.29) is 19.4 Å². The molecule has 1 amide bonds. The van der Waals surface area contributed by atoms with Crippen LogP contribution in [0.5, 0.6) is 5.75 Å². The van der Waals surface area contributed by atoms with E-state index in [2.05, 4.69) is 10.1 Å². The fourth-order valence-electron chi connectivity index (χ4n) is 1.73. The van der Waals surface area contributed by atoms with E-state index >= 15 is 0 Å². The molecule has 0 heterocycles. The van der Waals surface area contributed by atoms with Crippen LogP contribution < -0.4 is 10.1 Å². The predicted molar refractivity (Wildman–Crippen MR) is 72.9 cm³/mol. The number of methoxy groups -OCH3 is 1. The van der Waals surface area contributed by atoms with Gasteiger partial charge < -0.3 is 19.9 Å². The summed E-state index contributed by atoms with van der Waals surface area (Å²) in [6.45, 7) is 0.167. The fraction of sp³-hybridized carbons (Fsp3) is 0.429. The molecule has 1 unspecified atom stereocenters. The summed E-state index contributed by atoms with van der Waals surface area (Å²) < 4.78 is 44.5. The van der Waals surface area contributed by atoms with E-state index in [1.807, 2.05) is 0 Å². The summed E-state index contributed by atoms with van der Waals surface area (Å²) in [5, 5.41) is 11.3. The number of hydrogen-bond acceptors (Lipinski definition) is 4. The Morgan fingerprint density at radius 2 is 1.87 bits per heavy atom. The van der Waals surface area contributed by atoms with Crippen LogP contribution in [0.1, 0.15) is 12.0 Å². The molecule has 128 valence electrons. The van der Waals surface area contributed by atoms with E-state index in [4.69, 9.17) is 9.84 Å². The van der Waals surface area contributed by atoms with Crippen molar-refractivity contribution in [3.05, 3.63) is 29.8 Å². The maximum atomic E-state index is 12.0. The second kappa shape index (κ2) is 8.37. The number of amides is 1. The Bertz CT molecular complexity index is 530. The van der Waals surface area contributed by atoms with Gasteiger partial charge in [0, 0.05) is 20.1 Å². The lowest BCUT2D eigenvalue weighted by molar-refractivity contribution is -0.274. The normalized spacial score (nSPS) is 12.5. The second-order valence-electron chi connectivity index (χ2n) is 4.61. The Kier molecular flexibility index (Phi) is 6.83. The molecule has 0 aliphatic carbocycles. The van der Waals surface area contributed by atoms with Gasteiger partial charge in [0.25, 0.3) is 0 Å². The van der Waals surface area contributed by atoms with Crippen LogP contribution in [0.15, 0.2) is 24.3 Å².